The molecule has 2 rings (SSSR count). The minimum Gasteiger partial charge on any atom is -0.383 e. The summed E-state index contributed by atoms with van der Waals surface area (Å²) in [6, 6.07) is 2.07. The van der Waals surface area contributed by atoms with Gasteiger partial charge in [0.2, 0.25) is 0 Å². The second-order valence-corrected chi connectivity index (χ2v) is 4.56. The van der Waals surface area contributed by atoms with Crippen LogP contribution in [0.5, 0.6) is 0 Å². The average molecular weight is 219 g/mol. The van der Waals surface area contributed by atoms with E-state index in [1.165, 1.54) is 0 Å². The summed E-state index contributed by atoms with van der Waals surface area (Å²) in [5.74, 6) is 0.605. The summed E-state index contributed by atoms with van der Waals surface area (Å²) in [7, 11) is 0. The molecule has 0 spiro atoms. The van der Waals surface area contributed by atoms with Gasteiger partial charge >= 0.3 is 0 Å². The molecular formula is C11H13N3S. The van der Waals surface area contributed by atoms with Gasteiger partial charge < -0.3 is 5.73 Å². The monoisotopic (exact) mass is 219 g/mol. The van der Waals surface area contributed by atoms with E-state index in [0.29, 0.717) is 5.82 Å². The molecule has 0 radical (unpaired) electrons. The Labute approximate surface area is 93.0 Å². The van der Waals surface area contributed by atoms with E-state index in [0.717, 1.165) is 28.2 Å². The predicted octanol–water partition coefficient (Wildman–Crippen LogP) is 2.33. The highest BCUT2D eigenvalue weighted by Gasteiger charge is 2.05. The van der Waals surface area contributed by atoms with Crippen molar-refractivity contribution >= 4 is 17.2 Å². The number of aryl methyl sites for hydroxylation is 2. The highest BCUT2D eigenvalue weighted by molar-refractivity contribution is 7.09. The Morgan fingerprint density at radius 3 is 2.87 bits per heavy atom. The fourth-order valence-electron chi connectivity index (χ4n) is 1.43. The van der Waals surface area contributed by atoms with Crippen LogP contribution in [0.25, 0.3) is 0 Å². The summed E-state index contributed by atoms with van der Waals surface area (Å²) >= 11 is 1.66. The zero-order valence-corrected chi connectivity index (χ0v) is 9.64. The molecule has 78 valence electrons. The minimum atomic E-state index is 0.605. The van der Waals surface area contributed by atoms with Crippen molar-refractivity contribution in [3.63, 3.8) is 0 Å². The van der Waals surface area contributed by atoms with Gasteiger partial charge in [-0.1, -0.05) is 6.07 Å². The Kier molecular flexibility index (Phi) is 2.68. The molecule has 2 aromatic rings. The molecule has 0 fully saturated rings. The molecule has 0 saturated heterocycles. The first-order valence-corrected chi connectivity index (χ1v) is 5.65. The van der Waals surface area contributed by atoms with Crippen LogP contribution in [0.3, 0.4) is 0 Å². The third-order valence-electron chi connectivity index (χ3n) is 2.15. The molecule has 15 heavy (non-hydrogen) atoms. The van der Waals surface area contributed by atoms with Crippen molar-refractivity contribution in [2.45, 2.75) is 20.3 Å². The van der Waals surface area contributed by atoms with Crippen molar-refractivity contribution in [2.24, 2.45) is 0 Å². The fourth-order valence-corrected chi connectivity index (χ4v) is 2.22. The van der Waals surface area contributed by atoms with Gasteiger partial charge in [0.05, 0.1) is 5.01 Å². The van der Waals surface area contributed by atoms with E-state index in [1.807, 2.05) is 13.8 Å². The zero-order chi connectivity index (χ0) is 10.8. The van der Waals surface area contributed by atoms with E-state index in [4.69, 9.17) is 5.73 Å². The van der Waals surface area contributed by atoms with E-state index >= 15 is 0 Å². The van der Waals surface area contributed by atoms with Gasteiger partial charge in [-0.15, -0.1) is 11.3 Å². The Bertz CT molecular complexity index is 476. The zero-order valence-electron chi connectivity index (χ0n) is 8.82. The summed E-state index contributed by atoms with van der Waals surface area (Å²) in [6.45, 7) is 4.01. The molecule has 0 amide bonds. The number of aromatic nitrogens is 2. The lowest BCUT2D eigenvalue weighted by atomic mass is 10.1. The van der Waals surface area contributed by atoms with Crippen molar-refractivity contribution in [3.05, 3.63) is 39.5 Å². The molecule has 0 saturated carbocycles. The van der Waals surface area contributed by atoms with Crippen LogP contribution in [-0.2, 0) is 6.42 Å². The molecule has 0 aromatic carbocycles. The fraction of sp³-hybridized carbons (Fsp3) is 0.273. The third kappa shape index (κ3) is 2.33. The van der Waals surface area contributed by atoms with Crippen LogP contribution in [0.2, 0.25) is 0 Å². The smallest absolute Gasteiger partial charge is 0.126 e. The molecule has 0 aliphatic carbocycles. The maximum absolute atomic E-state index is 5.81. The lowest BCUT2D eigenvalue weighted by Crippen LogP contribution is -1.99. The summed E-state index contributed by atoms with van der Waals surface area (Å²) < 4.78 is 0. The Morgan fingerprint density at radius 1 is 1.40 bits per heavy atom. The number of anilines is 1. The SMILES string of the molecule is Cc1cnc(N)c(Cc2nc(C)cs2)c1. The van der Waals surface area contributed by atoms with E-state index in [9.17, 15) is 0 Å². The van der Waals surface area contributed by atoms with Gasteiger partial charge in [0.25, 0.3) is 0 Å². The summed E-state index contributed by atoms with van der Waals surface area (Å²) in [4.78, 5) is 8.55. The van der Waals surface area contributed by atoms with Gasteiger partial charge in [0, 0.05) is 29.3 Å². The predicted molar refractivity (Wildman–Crippen MR) is 63.0 cm³/mol. The van der Waals surface area contributed by atoms with Gasteiger partial charge in [-0.3, -0.25) is 0 Å². The van der Waals surface area contributed by atoms with Crippen molar-refractivity contribution < 1.29 is 0 Å². The maximum atomic E-state index is 5.81. The minimum absolute atomic E-state index is 0.605. The normalized spacial score (nSPS) is 10.5. The van der Waals surface area contributed by atoms with Gasteiger partial charge in [-0.25, -0.2) is 9.97 Å². The second-order valence-electron chi connectivity index (χ2n) is 3.62. The molecule has 2 N–H and O–H groups in total. The first-order valence-electron chi connectivity index (χ1n) is 4.77. The van der Waals surface area contributed by atoms with Crippen LogP contribution in [0.15, 0.2) is 17.6 Å². The molecule has 4 heteroatoms. The van der Waals surface area contributed by atoms with Crippen LogP contribution in [0.1, 0.15) is 21.8 Å². The van der Waals surface area contributed by atoms with Gasteiger partial charge in [0.15, 0.2) is 0 Å². The second kappa shape index (κ2) is 3.98. The Morgan fingerprint density at radius 2 is 2.20 bits per heavy atom. The molecular weight excluding hydrogens is 206 g/mol. The number of thiazole rings is 1. The summed E-state index contributed by atoms with van der Waals surface area (Å²) in [5.41, 5.74) is 9.07. The maximum Gasteiger partial charge on any atom is 0.126 e. The van der Waals surface area contributed by atoms with Crippen LogP contribution in [0.4, 0.5) is 5.82 Å². The number of nitrogen functional groups attached to an aromatic ring is 1. The molecule has 3 nitrogen and oxygen atoms in total. The number of hydrogen-bond acceptors (Lipinski definition) is 4. The van der Waals surface area contributed by atoms with Crippen molar-refractivity contribution in [1.82, 2.24) is 9.97 Å². The highest BCUT2D eigenvalue weighted by atomic mass is 32.1. The number of nitrogens with two attached hydrogens (primary N) is 1. The average Bonchev–Trinajstić information content (AvgIpc) is 2.58. The molecule has 0 aliphatic heterocycles. The van der Waals surface area contributed by atoms with Gasteiger partial charge in [-0.2, -0.15) is 0 Å². The van der Waals surface area contributed by atoms with Crippen LogP contribution >= 0.6 is 11.3 Å². The molecule has 0 unspecified atom stereocenters. The molecule has 0 atom stereocenters. The van der Waals surface area contributed by atoms with Crippen LogP contribution < -0.4 is 5.73 Å². The first-order chi connectivity index (χ1) is 7.15. The Balaban J connectivity index is 2.27. The number of rotatable bonds is 2. The van der Waals surface area contributed by atoms with Crippen molar-refractivity contribution in [2.75, 3.05) is 5.73 Å². The standard InChI is InChI=1S/C11H13N3S/c1-7-3-9(11(12)13-5-7)4-10-14-8(2)6-15-10/h3,5-6H,4H2,1-2H3,(H2,12,13). The van der Waals surface area contributed by atoms with E-state index in [2.05, 4.69) is 21.4 Å². The quantitative estimate of drug-likeness (QED) is 0.843. The van der Waals surface area contributed by atoms with Crippen molar-refractivity contribution in [1.29, 1.82) is 0 Å². The largest absolute Gasteiger partial charge is 0.383 e. The molecule has 0 aliphatic rings. The molecule has 0 bridgehead atoms. The summed E-state index contributed by atoms with van der Waals surface area (Å²) in [5, 5.41) is 3.14. The number of hydrogen-bond donors (Lipinski definition) is 1. The van der Waals surface area contributed by atoms with Crippen LogP contribution in [-0.4, -0.2) is 9.97 Å². The van der Waals surface area contributed by atoms with Gasteiger partial charge in [-0.05, 0) is 19.4 Å². The van der Waals surface area contributed by atoms with Crippen molar-refractivity contribution in [3.8, 4) is 0 Å². The highest BCUT2D eigenvalue weighted by Crippen LogP contribution is 2.18. The van der Waals surface area contributed by atoms with E-state index in [-0.39, 0.29) is 0 Å². The van der Waals surface area contributed by atoms with E-state index in [1.54, 1.807) is 17.5 Å². The topological polar surface area (TPSA) is 51.8 Å². The third-order valence-corrected chi connectivity index (χ3v) is 3.11. The number of nitrogens with zero attached hydrogens (tertiary/aromatic N) is 2. The summed E-state index contributed by atoms with van der Waals surface area (Å²) in [6.07, 6.45) is 2.56. The van der Waals surface area contributed by atoms with Crippen LogP contribution in [0, 0.1) is 13.8 Å². The van der Waals surface area contributed by atoms with E-state index < -0.39 is 0 Å². The molecule has 2 aromatic heterocycles. The Hall–Kier alpha value is -1.42. The lowest BCUT2D eigenvalue weighted by molar-refractivity contribution is 1.08. The first kappa shape index (κ1) is 10.1. The molecule has 2 heterocycles. The lowest BCUT2D eigenvalue weighted by Gasteiger charge is -2.03. The number of pyridine rings is 1. The van der Waals surface area contributed by atoms with Gasteiger partial charge in [0.1, 0.15) is 5.82 Å².